The van der Waals surface area contributed by atoms with Gasteiger partial charge in [-0.2, -0.15) is 0 Å². The largest absolute Gasteiger partial charge is 0.489 e. The van der Waals surface area contributed by atoms with E-state index >= 15 is 4.39 Å². The number of hydrogen-bond donors (Lipinski definition) is 1. The molecule has 1 atom stereocenters. The lowest BCUT2D eigenvalue weighted by atomic mass is 10.00. The van der Waals surface area contributed by atoms with Gasteiger partial charge in [0.15, 0.2) is 0 Å². The van der Waals surface area contributed by atoms with Gasteiger partial charge in [0.1, 0.15) is 29.7 Å². The quantitative estimate of drug-likeness (QED) is 0.457. The number of anilines is 2. The smallest absolute Gasteiger partial charge is 0.275 e. The summed E-state index contributed by atoms with van der Waals surface area (Å²) in [4.78, 5) is 22.4. The number of amides is 1. The Balaban J connectivity index is 1.42. The Kier molecular flexibility index (Phi) is 4.65. The molecular formula is C24H22FN5O3S. The van der Waals surface area contributed by atoms with Gasteiger partial charge in [0.2, 0.25) is 0 Å². The van der Waals surface area contributed by atoms with Crippen LogP contribution in [0.1, 0.15) is 39.5 Å². The third-order valence-electron chi connectivity index (χ3n) is 6.44. The molecule has 0 bridgehead atoms. The SMILES string of the molecule is Cc1nc2cc3c(cc2s1)N(N(C)C(=O)c1cc2c4c(c(N)nc2cc1F)[C@@H](C)OC4)CCO3. The van der Waals surface area contributed by atoms with Crippen LogP contribution >= 0.6 is 11.3 Å². The van der Waals surface area contributed by atoms with Crippen molar-refractivity contribution in [3.05, 3.63) is 51.8 Å². The van der Waals surface area contributed by atoms with Gasteiger partial charge in [0.05, 0.1) is 45.6 Å². The molecule has 4 aromatic rings. The summed E-state index contributed by atoms with van der Waals surface area (Å²) >= 11 is 1.57. The number of rotatable bonds is 2. The summed E-state index contributed by atoms with van der Waals surface area (Å²) in [7, 11) is 1.64. The van der Waals surface area contributed by atoms with Crippen LogP contribution in [0, 0.1) is 12.7 Å². The number of aromatic nitrogens is 2. The number of benzene rings is 2. The molecule has 2 aromatic heterocycles. The molecule has 2 aliphatic heterocycles. The summed E-state index contributed by atoms with van der Waals surface area (Å²) in [5, 5.41) is 4.88. The highest BCUT2D eigenvalue weighted by Crippen LogP contribution is 2.40. The average molecular weight is 480 g/mol. The minimum Gasteiger partial charge on any atom is -0.489 e. The minimum absolute atomic E-state index is 0.0360. The van der Waals surface area contributed by atoms with E-state index in [9.17, 15) is 4.79 Å². The summed E-state index contributed by atoms with van der Waals surface area (Å²) in [5.41, 5.74) is 9.73. The number of carbonyl (C=O) groups excluding carboxylic acids is 1. The number of thiazole rings is 1. The van der Waals surface area contributed by atoms with E-state index in [0.717, 1.165) is 32.0 Å². The van der Waals surface area contributed by atoms with E-state index in [1.54, 1.807) is 24.5 Å². The second-order valence-corrected chi connectivity index (χ2v) is 9.75. The molecule has 34 heavy (non-hydrogen) atoms. The maximum absolute atomic E-state index is 15.2. The molecule has 8 nitrogen and oxygen atoms in total. The molecule has 0 aliphatic carbocycles. The lowest BCUT2D eigenvalue weighted by Crippen LogP contribution is -2.48. The Morgan fingerprint density at radius 3 is 2.91 bits per heavy atom. The monoisotopic (exact) mass is 479 g/mol. The second-order valence-electron chi connectivity index (χ2n) is 8.51. The first-order chi connectivity index (χ1) is 16.3. The third-order valence-corrected chi connectivity index (χ3v) is 7.37. The van der Waals surface area contributed by atoms with Gasteiger partial charge < -0.3 is 15.2 Å². The highest BCUT2D eigenvalue weighted by molar-refractivity contribution is 7.18. The van der Waals surface area contributed by atoms with Crippen LogP contribution in [0.4, 0.5) is 15.9 Å². The van der Waals surface area contributed by atoms with Crippen molar-refractivity contribution in [2.75, 3.05) is 30.9 Å². The van der Waals surface area contributed by atoms with Crippen LogP contribution in [0.5, 0.6) is 5.75 Å². The lowest BCUT2D eigenvalue weighted by Gasteiger charge is -2.37. The molecule has 1 amide bonds. The Bertz CT molecular complexity index is 1500. The molecule has 174 valence electrons. The van der Waals surface area contributed by atoms with Crippen LogP contribution in [-0.2, 0) is 11.3 Å². The number of pyridine rings is 1. The van der Waals surface area contributed by atoms with Crippen molar-refractivity contribution in [3.63, 3.8) is 0 Å². The highest BCUT2D eigenvalue weighted by Gasteiger charge is 2.30. The number of ether oxygens (including phenoxy) is 2. The van der Waals surface area contributed by atoms with Crippen molar-refractivity contribution in [2.24, 2.45) is 0 Å². The summed E-state index contributed by atoms with van der Waals surface area (Å²) in [5.74, 6) is -0.139. The molecule has 0 unspecified atom stereocenters. The van der Waals surface area contributed by atoms with Crippen molar-refractivity contribution in [2.45, 2.75) is 26.6 Å². The fourth-order valence-corrected chi connectivity index (χ4v) is 5.63. The first kappa shape index (κ1) is 21.1. The van der Waals surface area contributed by atoms with Gasteiger partial charge >= 0.3 is 0 Å². The van der Waals surface area contributed by atoms with Gasteiger partial charge in [-0.05, 0) is 31.5 Å². The molecule has 0 saturated carbocycles. The molecule has 0 radical (unpaired) electrons. The number of fused-ring (bicyclic) bond motifs is 5. The molecule has 10 heteroatoms. The molecule has 0 saturated heterocycles. The van der Waals surface area contributed by atoms with Gasteiger partial charge in [-0.3, -0.25) is 14.8 Å². The average Bonchev–Trinajstić information content (AvgIpc) is 3.37. The fraction of sp³-hybridized carbons (Fsp3) is 0.292. The van der Waals surface area contributed by atoms with Crippen LogP contribution in [0.3, 0.4) is 0 Å². The zero-order chi connectivity index (χ0) is 23.7. The van der Waals surface area contributed by atoms with Gasteiger partial charge in [-0.25, -0.2) is 14.4 Å². The van der Waals surface area contributed by atoms with E-state index in [1.807, 2.05) is 31.0 Å². The molecule has 0 fully saturated rings. The molecule has 4 heterocycles. The number of nitrogens with two attached hydrogens (primary N) is 1. The first-order valence-corrected chi connectivity index (χ1v) is 11.8. The molecule has 2 aliphatic rings. The Morgan fingerprint density at radius 1 is 1.26 bits per heavy atom. The van der Waals surface area contributed by atoms with Gasteiger partial charge in [-0.1, -0.05) is 0 Å². The van der Waals surface area contributed by atoms with Crippen LogP contribution in [0.2, 0.25) is 0 Å². The zero-order valence-corrected chi connectivity index (χ0v) is 19.7. The van der Waals surface area contributed by atoms with Crippen LogP contribution < -0.4 is 15.5 Å². The Morgan fingerprint density at radius 2 is 2.09 bits per heavy atom. The summed E-state index contributed by atoms with van der Waals surface area (Å²) in [6, 6.07) is 6.68. The van der Waals surface area contributed by atoms with Gasteiger partial charge in [0.25, 0.3) is 5.91 Å². The van der Waals surface area contributed by atoms with E-state index in [2.05, 4.69) is 9.97 Å². The molecule has 6 rings (SSSR count). The van der Waals surface area contributed by atoms with Crippen molar-refractivity contribution in [3.8, 4) is 5.75 Å². The predicted octanol–water partition coefficient (Wildman–Crippen LogP) is 4.35. The number of nitrogen functional groups attached to an aromatic ring is 1. The third kappa shape index (κ3) is 3.09. The van der Waals surface area contributed by atoms with Crippen LogP contribution in [-0.4, -0.2) is 41.1 Å². The summed E-state index contributed by atoms with van der Waals surface area (Å²) in [6.07, 6.45) is -0.198. The summed E-state index contributed by atoms with van der Waals surface area (Å²) in [6.45, 7) is 5.04. The number of hydrogen-bond acceptors (Lipinski definition) is 8. The number of hydrazine groups is 1. The topological polar surface area (TPSA) is 93.8 Å². The maximum Gasteiger partial charge on any atom is 0.275 e. The van der Waals surface area contributed by atoms with E-state index in [-0.39, 0.29) is 11.7 Å². The summed E-state index contributed by atoms with van der Waals surface area (Å²) < 4.78 is 27.7. The van der Waals surface area contributed by atoms with Crippen LogP contribution in [0.25, 0.3) is 21.1 Å². The van der Waals surface area contributed by atoms with Crippen molar-refractivity contribution in [1.82, 2.24) is 15.0 Å². The Hall–Kier alpha value is -3.50. The van der Waals surface area contributed by atoms with E-state index in [4.69, 9.17) is 15.2 Å². The number of carbonyl (C=O) groups is 1. The normalized spacial score (nSPS) is 17.1. The predicted molar refractivity (Wildman–Crippen MR) is 129 cm³/mol. The number of halogens is 1. The Labute approximate surface area is 198 Å². The van der Waals surface area contributed by atoms with Crippen molar-refractivity contribution >= 4 is 49.9 Å². The minimum atomic E-state index is -0.648. The highest BCUT2D eigenvalue weighted by atomic mass is 32.1. The van der Waals surface area contributed by atoms with Gasteiger partial charge in [-0.15, -0.1) is 11.3 Å². The number of nitrogens with zero attached hydrogens (tertiary/aromatic N) is 4. The molecule has 2 N–H and O–H groups in total. The first-order valence-electron chi connectivity index (χ1n) is 10.9. The van der Waals surface area contributed by atoms with Gasteiger partial charge in [0, 0.05) is 30.1 Å². The van der Waals surface area contributed by atoms with Crippen molar-refractivity contribution < 1.29 is 18.7 Å². The molecular weight excluding hydrogens is 457 g/mol. The zero-order valence-electron chi connectivity index (χ0n) is 18.9. The fourth-order valence-electron chi connectivity index (χ4n) is 4.79. The molecule has 2 aromatic carbocycles. The number of aryl methyl sites for hydroxylation is 1. The maximum atomic E-state index is 15.2. The van der Waals surface area contributed by atoms with E-state index in [0.29, 0.717) is 42.2 Å². The van der Waals surface area contributed by atoms with E-state index < -0.39 is 11.7 Å². The van der Waals surface area contributed by atoms with Crippen LogP contribution in [0.15, 0.2) is 24.3 Å². The molecule has 0 spiro atoms. The lowest BCUT2D eigenvalue weighted by molar-refractivity contribution is 0.0759. The standard InChI is InChI=1S/C24H22FN5O3S/c1-11-22-15(10-33-11)13-6-14(16(25)7-17(13)28-23(22)26)24(31)29(3)30-4-5-32-20-8-18-21(9-19(20)30)34-12(2)27-18/h6-9,11H,4-5,10H2,1-3H3,(H2,26,28)/t11-/m1/s1. The second kappa shape index (κ2) is 7.51. The van der Waals surface area contributed by atoms with Crippen molar-refractivity contribution in [1.29, 1.82) is 0 Å². The van der Waals surface area contributed by atoms with E-state index in [1.165, 1.54) is 11.1 Å².